The number of hydrogen-bond acceptors (Lipinski definition) is 7. The van der Waals surface area contributed by atoms with Gasteiger partial charge in [-0.3, -0.25) is 19.2 Å². The maximum atomic E-state index is 13.1. The summed E-state index contributed by atoms with van der Waals surface area (Å²) in [7, 11) is 0. The number of aliphatic carboxylic acids is 2. The maximum absolute atomic E-state index is 13.1. The molecule has 194 valence electrons. The third-order valence-corrected chi connectivity index (χ3v) is 5.75. The fourth-order valence-electron chi connectivity index (χ4n) is 4.01. The lowest BCUT2D eigenvalue weighted by Crippen LogP contribution is -2.57. The number of imidazole rings is 1. The number of nitrogens with zero attached hydrogens (tertiary/aromatic N) is 2. The molecule has 1 aliphatic heterocycles. The van der Waals surface area contributed by atoms with Crippen molar-refractivity contribution in [1.82, 2.24) is 25.5 Å². The Hall–Kier alpha value is -3.48. The molecule has 1 saturated heterocycles. The van der Waals surface area contributed by atoms with Crippen LogP contribution < -0.4 is 16.4 Å². The highest BCUT2D eigenvalue weighted by Gasteiger charge is 2.38. The van der Waals surface area contributed by atoms with Gasteiger partial charge in [0, 0.05) is 31.3 Å². The number of amides is 3. The standard InChI is InChI=1S/C22H34N6O7/c1-12(2)8-16(22(34)35)27-19(31)15(5-6-18(29)30)26-20(32)17-4-3-7-28(17)21(33)14(23)9-13-10-24-11-25-13/h10-12,14-17H,3-9,23H2,1-2H3,(H,24,25)(H,26,32)(H,27,31)(H,29,30)(H,34,35). The van der Waals surface area contributed by atoms with E-state index in [0.29, 0.717) is 25.1 Å². The molecule has 1 aromatic heterocycles. The van der Waals surface area contributed by atoms with Gasteiger partial charge >= 0.3 is 11.9 Å². The predicted octanol–water partition coefficient (Wildman–Crippen LogP) is -0.764. The van der Waals surface area contributed by atoms with E-state index in [1.807, 2.05) is 0 Å². The van der Waals surface area contributed by atoms with Crippen molar-refractivity contribution < 1.29 is 34.2 Å². The summed E-state index contributed by atoms with van der Waals surface area (Å²) in [5, 5.41) is 23.4. The molecule has 1 aromatic rings. The summed E-state index contributed by atoms with van der Waals surface area (Å²) in [5.41, 5.74) is 6.72. The number of aromatic amines is 1. The average molecular weight is 495 g/mol. The molecule has 1 aliphatic rings. The van der Waals surface area contributed by atoms with Crippen molar-refractivity contribution >= 4 is 29.7 Å². The number of nitrogens with two attached hydrogens (primary N) is 1. The van der Waals surface area contributed by atoms with Gasteiger partial charge in [-0.2, -0.15) is 0 Å². The fourth-order valence-corrected chi connectivity index (χ4v) is 4.01. The molecule has 0 aromatic carbocycles. The molecule has 4 unspecified atom stereocenters. The van der Waals surface area contributed by atoms with Gasteiger partial charge in [-0.25, -0.2) is 9.78 Å². The second-order valence-electron chi connectivity index (χ2n) is 9.10. The van der Waals surface area contributed by atoms with E-state index >= 15 is 0 Å². The minimum atomic E-state index is -1.27. The Balaban J connectivity index is 2.09. The molecule has 13 nitrogen and oxygen atoms in total. The molecular formula is C22H34N6O7. The summed E-state index contributed by atoms with van der Waals surface area (Å²) >= 11 is 0. The zero-order valence-corrected chi connectivity index (χ0v) is 19.9. The summed E-state index contributed by atoms with van der Waals surface area (Å²) in [6, 6.07) is -4.23. The summed E-state index contributed by atoms with van der Waals surface area (Å²) in [6.07, 6.45) is 3.66. The molecule has 2 heterocycles. The summed E-state index contributed by atoms with van der Waals surface area (Å²) in [4.78, 5) is 69.5. The highest BCUT2D eigenvalue weighted by Crippen LogP contribution is 2.19. The number of carbonyl (C=O) groups is 5. The lowest BCUT2D eigenvalue weighted by Gasteiger charge is -2.28. The molecule has 0 radical (unpaired) electrons. The molecule has 0 saturated carbocycles. The number of carboxylic acid groups (broad SMARTS) is 2. The first kappa shape index (κ1) is 27.8. The van der Waals surface area contributed by atoms with Gasteiger partial charge in [0.05, 0.1) is 12.4 Å². The van der Waals surface area contributed by atoms with Gasteiger partial charge in [-0.1, -0.05) is 13.8 Å². The topological polar surface area (TPSA) is 208 Å². The minimum Gasteiger partial charge on any atom is -0.481 e. The largest absolute Gasteiger partial charge is 0.481 e. The highest BCUT2D eigenvalue weighted by atomic mass is 16.4. The summed E-state index contributed by atoms with van der Waals surface area (Å²) < 4.78 is 0. The molecule has 0 aliphatic carbocycles. The van der Waals surface area contributed by atoms with Crippen LogP contribution in [0.5, 0.6) is 0 Å². The van der Waals surface area contributed by atoms with E-state index in [2.05, 4.69) is 20.6 Å². The summed E-state index contributed by atoms with van der Waals surface area (Å²) in [6.45, 7) is 3.91. The van der Waals surface area contributed by atoms with Crippen LogP contribution in [0.1, 0.15) is 51.6 Å². The van der Waals surface area contributed by atoms with Crippen LogP contribution in [0.3, 0.4) is 0 Å². The average Bonchev–Trinajstić information content (AvgIpc) is 3.46. The first-order chi connectivity index (χ1) is 16.5. The molecule has 7 N–H and O–H groups in total. The Morgan fingerprint density at radius 2 is 1.91 bits per heavy atom. The Kier molecular flexibility index (Phi) is 10.2. The quantitative estimate of drug-likeness (QED) is 0.203. The van der Waals surface area contributed by atoms with Crippen LogP contribution in [-0.4, -0.2) is 85.5 Å². The van der Waals surface area contributed by atoms with Crippen molar-refractivity contribution in [3.63, 3.8) is 0 Å². The normalized spacial score (nSPS) is 18.1. The first-order valence-electron chi connectivity index (χ1n) is 11.6. The van der Waals surface area contributed by atoms with Crippen LogP contribution in [0.2, 0.25) is 0 Å². The maximum Gasteiger partial charge on any atom is 0.326 e. The van der Waals surface area contributed by atoms with Crippen molar-refractivity contribution in [2.45, 2.75) is 76.5 Å². The van der Waals surface area contributed by atoms with Crippen LogP contribution in [0, 0.1) is 5.92 Å². The Bertz CT molecular complexity index is 904. The molecule has 4 atom stereocenters. The third kappa shape index (κ3) is 8.35. The van der Waals surface area contributed by atoms with Gasteiger partial charge in [0.1, 0.15) is 18.1 Å². The summed E-state index contributed by atoms with van der Waals surface area (Å²) in [5.74, 6) is -4.25. The van der Waals surface area contributed by atoms with E-state index in [1.54, 1.807) is 20.0 Å². The number of hydrogen-bond donors (Lipinski definition) is 6. The van der Waals surface area contributed by atoms with Crippen LogP contribution in [-0.2, 0) is 30.4 Å². The van der Waals surface area contributed by atoms with E-state index < -0.39 is 60.2 Å². The number of aromatic nitrogens is 2. The SMILES string of the molecule is CC(C)CC(NC(=O)C(CCC(=O)O)NC(=O)C1CCCN1C(=O)C(N)Cc1cnc[nH]1)C(=O)O. The Morgan fingerprint density at radius 3 is 2.49 bits per heavy atom. The molecular weight excluding hydrogens is 460 g/mol. The number of likely N-dealkylation sites (tertiary alicyclic amines) is 1. The van der Waals surface area contributed by atoms with Gasteiger partial charge in [-0.15, -0.1) is 0 Å². The number of H-pyrrole nitrogens is 1. The van der Waals surface area contributed by atoms with Crippen molar-refractivity contribution in [3.8, 4) is 0 Å². The monoisotopic (exact) mass is 494 g/mol. The van der Waals surface area contributed by atoms with Gasteiger partial charge < -0.3 is 36.5 Å². The van der Waals surface area contributed by atoms with E-state index in [4.69, 9.17) is 10.8 Å². The third-order valence-electron chi connectivity index (χ3n) is 5.75. The minimum absolute atomic E-state index is 0.0208. The van der Waals surface area contributed by atoms with Gasteiger partial charge in [0.15, 0.2) is 0 Å². The smallest absolute Gasteiger partial charge is 0.326 e. The number of rotatable bonds is 13. The van der Waals surface area contributed by atoms with E-state index in [-0.39, 0.29) is 25.2 Å². The van der Waals surface area contributed by atoms with E-state index in [0.717, 1.165) is 0 Å². The van der Waals surface area contributed by atoms with Crippen LogP contribution in [0.25, 0.3) is 0 Å². The Labute approximate surface area is 202 Å². The molecule has 13 heteroatoms. The van der Waals surface area contributed by atoms with Crippen molar-refractivity contribution in [1.29, 1.82) is 0 Å². The van der Waals surface area contributed by atoms with Crippen LogP contribution in [0.4, 0.5) is 0 Å². The molecule has 3 amide bonds. The molecule has 0 bridgehead atoms. The molecule has 35 heavy (non-hydrogen) atoms. The Morgan fingerprint density at radius 1 is 1.20 bits per heavy atom. The predicted molar refractivity (Wildman–Crippen MR) is 123 cm³/mol. The van der Waals surface area contributed by atoms with Gasteiger partial charge in [0.2, 0.25) is 17.7 Å². The molecule has 1 fully saturated rings. The van der Waals surface area contributed by atoms with Crippen LogP contribution >= 0.6 is 0 Å². The lowest BCUT2D eigenvalue weighted by molar-refractivity contribution is -0.144. The van der Waals surface area contributed by atoms with Gasteiger partial charge in [-0.05, 0) is 31.6 Å². The second kappa shape index (κ2) is 12.8. The van der Waals surface area contributed by atoms with Gasteiger partial charge in [0.25, 0.3) is 0 Å². The zero-order chi connectivity index (χ0) is 26.1. The second-order valence-corrected chi connectivity index (χ2v) is 9.10. The van der Waals surface area contributed by atoms with Crippen molar-refractivity contribution in [2.24, 2.45) is 11.7 Å². The van der Waals surface area contributed by atoms with E-state index in [9.17, 15) is 29.1 Å². The zero-order valence-electron chi connectivity index (χ0n) is 19.9. The fraction of sp³-hybridized carbons (Fsp3) is 0.636. The number of carboxylic acids is 2. The number of carbonyl (C=O) groups excluding carboxylic acids is 3. The van der Waals surface area contributed by atoms with Crippen molar-refractivity contribution in [2.75, 3.05) is 6.54 Å². The molecule has 2 rings (SSSR count). The van der Waals surface area contributed by atoms with Crippen LogP contribution in [0.15, 0.2) is 12.5 Å². The molecule has 0 spiro atoms. The van der Waals surface area contributed by atoms with Crippen molar-refractivity contribution in [3.05, 3.63) is 18.2 Å². The highest BCUT2D eigenvalue weighted by molar-refractivity contribution is 5.94. The number of nitrogens with one attached hydrogen (secondary N) is 3. The lowest BCUT2D eigenvalue weighted by atomic mass is 10.0. The first-order valence-corrected chi connectivity index (χ1v) is 11.6. The van der Waals surface area contributed by atoms with E-state index in [1.165, 1.54) is 11.2 Å².